The molecule has 2 heterocycles. The van der Waals surface area contributed by atoms with Gasteiger partial charge in [0.15, 0.2) is 29.7 Å². The van der Waals surface area contributed by atoms with E-state index in [9.17, 15) is 10.0 Å². The summed E-state index contributed by atoms with van der Waals surface area (Å²) in [5.41, 5.74) is 0.846. The Kier molecular flexibility index (Phi) is 5.86. The fourth-order valence-electron chi connectivity index (χ4n) is 2.69. The zero-order chi connectivity index (χ0) is 18.7. The van der Waals surface area contributed by atoms with E-state index >= 15 is 0 Å². The monoisotopic (exact) mass is 397 g/mol. The highest BCUT2D eigenvalue weighted by Gasteiger charge is 2.21. The molecule has 0 N–H and O–H groups in total. The average Bonchev–Trinajstić information content (AvgIpc) is 3.11. The van der Waals surface area contributed by atoms with Crippen LogP contribution in [0.25, 0.3) is 0 Å². The third kappa shape index (κ3) is 4.20. The number of ketones is 1. The number of ether oxygens (including phenoxy) is 3. The first-order valence-corrected chi connectivity index (χ1v) is 8.76. The largest absolute Gasteiger partial charge is 0.619 e. The minimum Gasteiger partial charge on any atom is -0.619 e. The van der Waals surface area contributed by atoms with E-state index in [0.717, 1.165) is 6.42 Å². The fourth-order valence-corrected chi connectivity index (χ4v) is 3.27. The second-order valence-corrected chi connectivity index (χ2v) is 6.68. The number of pyridine rings is 1. The molecule has 0 spiro atoms. The Hall–Kier alpha value is -2.02. The summed E-state index contributed by atoms with van der Waals surface area (Å²) in [6.07, 6.45) is 3.01. The minimum absolute atomic E-state index is 0.0309. The van der Waals surface area contributed by atoms with Gasteiger partial charge in [0.05, 0.1) is 20.3 Å². The molecule has 1 unspecified atom stereocenters. The first-order chi connectivity index (χ1) is 12.5. The maximum atomic E-state index is 12.7. The first kappa shape index (κ1) is 18.8. The molecule has 1 aromatic carbocycles. The van der Waals surface area contributed by atoms with Crippen molar-refractivity contribution in [2.24, 2.45) is 0 Å². The Morgan fingerprint density at radius 1 is 1.31 bits per heavy atom. The van der Waals surface area contributed by atoms with Crippen molar-refractivity contribution in [1.29, 1.82) is 0 Å². The molecule has 6 nitrogen and oxygen atoms in total. The number of nitrogens with zero attached hydrogens (tertiary/aromatic N) is 1. The molecular formula is C18H17Cl2NO5. The van der Waals surface area contributed by atoms with Crippen molar-refractivity contribution in [2.75, 3.05) is 20.3 Å². The Bertz CT molecular complexity index is 798. The van der Waals surface area contributed by atoms with Crippen LogP contribution >= 0.6 is 23.2 Å². The van der Waals surface area contributed by atoms with E-state index in [4.69, 9.17) is 37.4 Å². The Morgan fingerprint density at radius 3 is 2.65 bits per heavy atom. The highest BCUT2D eigenvalue weighted by atomic mass is 35.5. The first-order valence-electron chi connectivity index (χ1n) is 8.00. The second-order valence-electron chi connectivity index (χ2n) is 5.86. The molecule has 1 atom stereocenters. The number of methoxy groups -OCH3 is 1. The van der Waals surface area contributed by atoms with Crippen molar-refractivity contribution in [1.82, 2.24) is 0 Å². The number of hydrogen-bond donors (Lipinski definition) is 0. The van der Waals surface area contributed by atoms with Gasteiger partial charge in [-0.05, 0) is 18.2 Å². The summed E-state index contributed by atoms with van der Waals surface area (Å²) in [6, 6.07) is 4.97. The van der Waals surface area contributed by atoms with Crippen molar-refractivity contribution in [3.05, 3.63) is 57.0 Å². The Labute approximate surface area is 160 Å². The van der Waals surface area contributed by atoms with E-state index < -0.39 is 0 Å². The Balaban J connectivity index is 1.83. The van der Waals surface area contributed by atoms with Crippen LogP contribution in [0.1, 0.15) is 22.3 Å². The van der Waals surface area contributed by atoms with Crippen LogP contribution in [-0.4, -0.2) is 32.2 Å². The minimum atomic E-state index is -0.201. The van der Waals surface area contributed by atoms with Gasteiger partial charge in [-0.3, -0.25) is 4.79 Å². The molecule has 0 amide bonds. The van der Waals surface area contributed by atoms with Gasteiger partial charge < -0.3 is 19.4 Å². The molecule has 2 aromatic rings. The van der Waals surface area contributed by atoms with Crippen molar-refractivity contribution in [3.63, 3.8) is 0 Å². The van der Waals surface area contributed by atoms with E-state index in [1.54, 1.807) is 18.2 Å². The molecule has 1 fully saturated rings. The molecule has 3 rings (SSSR count). The SMILES string of the molecule is COc1ccc(C(=O)Cc2c(Cl)c[n+]([O-])cc2Cl)cc1OC1CCOC1. The van der Waals surface area contributed by atoms with Crippen molar-refractivity contribution in [3.8, 4) is 11.5 Å². The normalized spacial score (nSPS) is 16.5. The van der Waals surface area contributed by atoms with Crippen LogP contribution in [0.2, 0.25) is 10.0 Å². The predicted octanol–water partition coefficient (Wildman–Crippen LogP) is 3.23. The second kappa shape index (κ2) is 8.12. The maximum absolute atomic E-state index is 12.7. The molecular weight excluding hydrogens is 381 g/mol. The third-order valence-corrected chi connectivity index (χ3v) is 4.71. The Morgan fingerprint density at radius 2 is 2.04 bits per heavy atom. The lowest BCUT2D eigenvalue weighted by molar-refractivity contribution is -0.605. The number of rotatable bonds is 6. The van der Waals surface area contributed by atoms with Crippen molar-refractivity contribution in [2.45, 2.75) is 18.9 Å². The number of Topliss-reactive ketones (excluding diaryl/α,β-unsaturated/α-hetero) is 1. The van der Waals surface area contributed by atoms with Crippen LogP contribution in [0, 0.1) is 5.21 Å². The van der Waals surface area contributed by atoms with Crippen LogP contribution in [0.3, 0.4) is 0 Å². The van der Waals surface area contributed by atoms with Gasteiger partial charge in [0.2, 0.25) is 0 Å². The summed E-state index contributed by atoms with van der Waals surface area (Å²) < 4.78 is 17.0. The van der Waals surface area contributed by atoms with E-state index in [0.29, 0.717) is 40.6 Å². The van der Waals surface area contributed by atoms with Gasteiger partial charge in [-0.15, -0.1) is 0 Å². The van der Waals surface area contributed by atoms with Gasteiger partial charge in [0.25, 0.3) is 0 Å². The predicted molar refractivity (Wildman–Crippen MR) is 96.3 cm³/mol. The lowest BCUT2D eigenvalue weighted by atomic mass is 10.0. The van der Waals surface area contributed by atoms with Crippen molar-refractivity contribution < 1.29 is 23.7 Å². The molecule has 1 aliphatic rings. The number of carbonyl (C=O) groups excluding carboxylic acids is 1. The molecule has 138 valence electrons. The van der Waals surface area contributed by atoms with Crippen LogP contribution in [0.5, 0.6) is 11.5 Å². The standard InChI is InChI=1S/C18H17Cl2NO5/c1-24-17-3-2-11(6-18(17)26-12-4-5-25-10-12)16(22)7-13-14(19)8-21(23)9-15(13)20/h2-3,6,8-9,12H,4-5,7,10H2,1H3. The zero-order valence-electron chi connectivity index (χ0n) is 14.0. The summed E-state index contributed by atoms with van der Waals surface area (Å²) in [5, 5.41) is 11.6. The number of benzene rings is 1. The van der Waals surface area contributed by atoms with Crippen molar-refractivity contribution >= 4 is 29.0 Å². The molecule has 1 aromatic heterocycles. The van der Waals surface area contributed by atoms with Gasteiger partial charge >= 0.3 is 0 Å². The van der Waals surface area contributed by atoms with E-state index in [1.807, 2.05) is 0 Å². The summed E-state index contributed by atoms with van der Waals surface area (Å²) in [7, 11) is 1.54. The van der Waals surface area contributed by atoms with Crippen LogP contribution in [-0.2, 0) is 11.2 Å². The van der Waals surface area contributed by atoms with Crippen LogP contribution < -0.4 is 14.2 Å². The number of carbonyl (C=O) groups is 1. The van der Waals surface area contributed by atoms with Crippen LogP contribution in [0.15, 0.2) is 30.6 Å². The molecule has 8 heteroatoms. The number of hydrogen-bond acceptors (Lipinski definition) is 5. The number of halogens is 2. The van der Waals surface area contributed by atoms with Gasteiger partial charge in [-0.2, -0.15) is 4.73 Å². The molecule has 26 heavy (non-hydrogen) atoms. The molecule has 1 saturated heterocycles. The lowest BCUT2D eigenvalue weighted by Gasteiger charge is -2.16. The highest BCUT2D eigenvalue weighted by Crippen LogP contribution is 2.31. The number of aromatic nitrogens is 1. The topological polar surface area (TPSA) is 71.7 Å². The summed E-state index contributed by atoms with van der Waals surface area (Å²) in [6.45, 7) is 1.15. The smallest absolute Gasteiger partial charge is 0.199 e. The van der Waals surface area contributed by atoms with E-state index in [-0.39, 0.29) is 28.4 Å². The molecule has 0 bridgehead atoms. The summed E-state index contributed by atoms with van der Waals surface area (Å²) >= 11 is 12.1. The summed E-state index contributed by atoms with van der Waals surface area (Å²) in [5.74, 6) is 0.820. The van der Waals surface area contributed by atoms with Gasteiger partial charge in [-0.1, -0.05) is 23.2 Å². The summed E-state index contributed by atoms with van der Waals surface area (Å²) in [4.78, 5) is 12.7. The molecule has 0 radical (unpaired) electrons. The van der Waals surface area contributed by atoms with Gasteiger partial charge in [0, 0.05) is 24.0 Å². The lowest BCUT2D eigenvalue weighted by Crippen LogP contribution is -2.25. The van der Waals surface area contributed by atoms with E-state index in [2.05, 4.69) is 0 Å². The van der Waals surface area contributed by atoms with Crippen LogP contribution in [0.4, 0.5) is 0 Å². The third-order valence-electron chi connectivity index (χ3n) is 4.06. The van der Waals surface area contributed by atoms with Gasteiger partial charge in [0.1, 0.15) is 16.1 Å². The molecule has 1 aliphatic heterocycles. The van der Waals surface area contributed by atoms with Gasteiger partial charge in [-0.25, -0.2) is 0 Å². The maximum Gasteiger partial charge on any atom is 0.199 e. The zero-order valence-corrected chi connectivity index (χ0v) is 15.5. The molecule has 0 aliphatic carbocycles. The molecule has 0 saturated carbocycles. The fraction of sp³-hybridized carbons (Fsp3) is 0.333. The quantitative estimate of drug-likeness (QED) is 0.425. The van der Waals surface area contributed by atoms with E-state index in [1.165, 1.54) is 19.5 Å². The average molecular weight is 398 g/mol. The highest BCUT2D eigenvalue weighted by molar-refractivity contribution is 6.36.